The third kappa shape index (κ3) is 3.20. The van der Waals surface area contributed by atoms with Crippen molar-refractivity contribution in [2.24, 2.45) is 17.3 Å². The van der Waals surface area contributed by atoms with Crippen LogP contribution in [0.15, 0.2) is 35.9 Å². The maximum atomic E-state index is 12.5. The van der Waals surface area contributed by atoms with Crippen LogP contribution in [0.2, 0.25) is 0 Å². The van der Waals surface area contributed by atoms with E-state index in [1.807, 2.05) is 24.3 Å². The van der Waals surface area contributed by atoms with Crippen LogP contribution in [0, 0.1) is 17.3 Å². The lowest BCUT2D eigenvalue weighted by Crippen LogP contribution is -2.15. The second kappa shape index (κ2) is 5.67. The monoisotopic (exact) mass is 286 g/mol. The zero-order valence-electron chi connectivity index (χ0n) is 13.9. The summed E-state index contributed by atoms with van der Waals surface area (Å²) >= 11 is 0. The summed E-state index contributed by atoms with van der Waals surface area (Å²) in [4.78, 5) is 12.5. The van der Waals surface area contributed by atoms with E-state index in [1.165, 1.54) is 5.57 Å². The van der Waals surface area contributed by atoms with Gasteiger partial charge in [-0.15, -0.1) is 0 Å². The van der Waals surface area contributed by atoms with Crippen LogP contribution in [-0.2, 0) is 4.79 Å². The van der Waals surface area contributed by atoms with E-state index in [0.717, 1.165) is 5.56 Å². The molecule has 1 saturated carbocycles. The Morgan fingerprint density at radius 1 is 1.24 bits per heavy atom. The number of carbonyl (C=O) groups excluding carboxylic acids is 1. The molecule has 1 aromatic carbocycles. The van der Waals surface area contributed by atoms with Gasteiger partial charge in [-0.3, -0.25) is 4.79 Å². The van der Waals surface area contributed by atoms with Crippen molar-refractivity contribution >= 4 is 5.97 Å². The van der Waals surface area contributed by atoms with Gasteiger partial charge in [-0.05, 0) is 42.7 Å². The Labute approximate surface area is 128 Å². The van der Waals surface area contributed by atoms with Crippen LogP contribution in [0.25, 0.3) is 0 Å². The summed E-state index contributed by atoms with van der Waals surface area (Å²) in [5.41, 5.74) is 2.34. The SMILES string of the molecule is CC(C)=C[C@@H]1[C@@H](C(=O)Oc2ccccc2C(C)C)C1(C)C. The Morgan fingerprint density at radius 2 is 1.86 bits per heavy atom. The molecule has 1 fully saturated rings. The van der Waals surface area contributed by atoms with Crippen molar-refractivity contribution in [1.82, 2.24) is 0 Å². The first kappa shape index (κ1) is 15.8. The molecule has 0 radical (unpaired) electrons. The van der Waals surface area contributed by atoms with E-state index in [9.17, 15) is 4.79 Å². The minimum Gasteiger partial charge on any atom is -0.426 e. The van der Waals surface area contributed by atoms with Crippen molar-refractivity contribution in [2.75, 3.05) is 0 Å². The van der Waals surface area contributed by atoms with Gasteiger partial charge in [-0.25, -0.2) is 0 Å². The molecule has 2 heteroatoms. The topological polar surface area (TPSA) is 26.3 Å². The summed E-state index contributed by atoms with van der Waals surface area (Å²) in [5, 5.41) is 0. The Morgan fingerprint density at radius 3 is 2.43 bits per heavy atom. The second-order valence-electron chi connectivity index (χ2n) is 7.18. The van der Waals surface area contributed by atoms with Gasteiger partial charge in [-0.1, -0.05) is 57.5 Å². The van der Waals surface area contributed by atoms with Crippen molar-refractivity contribution in [3.05, 3.63) is 41.5 Å². The van der Waals surface area contributed by atoms with E-state index in [-0.39, 0.29) is 17.3 Å². The Hall–Kier alpha value is -1.57. The lowest BCUT2D eigenvalue weighted by molar-refractivity contribution is -0.136. The van der Waals surface area contributed by atoms with E-state index >= 15 is 0 Å². The van der Waals surface area contributed by atoms with Gasteiger partial charge in [0.05, 0.1) is 5.92 Å². The average Bonchev–Trinajstić information content (AvgIpc) is 2.90. The molecule has 2 atom stereocenters. The summed E-state index contributed by atoms with van der Waals surface area (Å²) in [6, 6.07) is 7.82. The predicted octanol–water partition coefficient (Wildman–Crippen LogP) is 4.95. The first-order valence-corrected chi connectivity index (χ1v) is 7.70. The molecular weight excluding hydrogens is 260 g/mol. The quantitative estimate of drug-likeness (QED) is 0.444. The number of rotatable bonds is 4. The Balaban J connectivity index is 2.15. The van der Waals surface area contributed by atoms with Gasteiger partial charge in [0.1, 0.15) is 5.75 Å². The standard InChI is InChI=1S/C19H26O2/c1-12(2)11-15-17(19(15,5)6)18(20)21-16-10-8-7-9-14(16)13(3)4/h7-11,13,15,17H,1-6H3/t15-,17+/m1/s1. The lowest BCUT2D eigenvalue weighted by atomic mass is 10.0. The molecule has 114 valence electrons. The molecule has 2 nitrogen and oxygen atoms in total. The van der Waals surface area contributed by atoms with Crippen molar-refractivity contribution < 1.29 is 9.53 Å². The van der Waals surface area contributed by atoms with E-state index in [0.29, 0.717) is 17.6 Å². The molecule has 2 rings (SSSR count). The van der Waals surface area contributed by atoms with Gasteiger partial charge in [0, 0.05) is 0 Å². The van der Waals surface area contributed by atoms with Crippen LogP contribution in [-0.4, -0.2) is 5.97 Å². The van der Waals surface area contributed by atoms with Gasteiger partial charge in [0.15, 0.2) is 0 Å². The predicted molar refractivity (Wildman–Crippen MR) is 86.4 cm³/mol. The fourth-order valence-electron chi connectivity index (χ4n) is 3.02. The first-order valence-electron chi connectivity index (χ1n) is 7.70. The number of hydrogen-bond acceptors (Lipinski definition) is 2. The lowest BCUT2D eigenvalue weighted by Gasteiger charge is -2.12. The minimum absolute atomic E-state index is 0.00112. The van der Waals surface area contributed by atoms with E-state index in [4.69, 9.17) is 4.74 Å². The number of para-hydroxylation sites is 1. The Kier molecular flexibility index (Phi) is 4.27. The van der Waals surface area contributed by atoms with E-state index in [2.05, 4.69) is 47.6 Å². The van der Waals surface area contributed by atoms with Gasteiger partial charge in [-0.2, -0.15) is 0 Å². The van der Waals surface area contributed by atoms with Crippen LogP contribution in [0.3, 0.4) is 0 Å². The largest absolute Gasteiger partial charge is 0.426 e. The number of carbonyl (C=O) groups is 1. The molecular formula is C19H26O2. The molecule has 21 heavy (non-hydrogen) atoms. The maximum Gasteiger partial charge on any atom is 0.315 e. The molecule has 0 saturated heterocycles. The fraction of sp³-hybridized carbons (Fsp3) is 0.526. The molecule has 0 N–H and O–H groups in total. The highest BCUT2D eigenvalue weighted by atomic mass is 16.5. The molecule has 0 heterocycles. The zero-order valence-corrected chi connectivity index (χ0v) is 13.9. The van der Waals surface area contributed by atoms with Gasteiger partial charge >= 0.3 is 5.97 Å². The van der Waals surface area contributed by atoms with Crippen LogP contribution in [0.1, 0.15) is 53.0 Å². The van der Waals surface area contributed by atoms with Gasteiger partial charge < -0.3 is 4.74 Å². The number of esters is 1. The molecule has 0 aliphatic heterocycles. The number of benzene rings is 1. The number of allylic oxidation sites excluding steroid dienone is 2. The molecule has 0 spiro atoms. The van der Waals surface area contributed by atoms with E-state index < -0.39 is 0 Å². The fourth-order valence-corrected chi connectivity index (χ4v) is 3.02. The van der Waals surface area contributed by atoms with Crippen molar-refractivity contribution in [3.8, 4) is 5.75 Å². The van der Waals surface area contributed by atoms with E-state index in [1.54, 1.807) is 0 Å². The summed E-state index contributed by atoms with van der Waals surface area (Å²) < 4.78 is 5.71. The highest BCUT2D eigenvalue weighted by Crippen LogP contribution is 2.59. The second-order valence-corrected chi connectivity index (χ2v) is 7.18. The van der Waals surface area contributed by atoms with Crippen LogP contribution >= 0.6 is 0 Å². The first-order chi connectivity index (χ1) is 9.75. The normalized spacial score (nSPS) is 22.8. The average molecular weight is 286 g/mol. The van der Waals surface area contributed by atoms with Crippen molar-refractivity contribution in [2.45, 2.75) is 47.5 Å². The summed E-state index contributed by atoms with van der Waals surface area (Å²) in [5.74, 6) is 1.20. The maximum absolute atomic E-state index is 12.5. The number of ether oxygens (including phenoxy) is 1. The van der Waals surface area contributed by atoms with Crippen LogP contribution in [0.4, 0.5) is 0 Å². The number of hydrogen-bond donors (Lipinski definition) is 0. The van der Waals surface area contributed by atoms with Crippen molar-refractivity contribution in [1.29, 1.82) is 0 Å². The van der Waals surface area contributed by atoms with Crippen LogP contribution < -0.4 is 4.74 Å². The van der Waals surface area contributed by atoms with Crippen molar-refractivity contribution in [3.63, 3.8) is 0 Å². The molecule has 1 aliphatic carbocycles. The third-order valence-electron chi connectivity index (χ3n) is 4.43. The molecule has 1 aliphatic rings. The minimum atomic E-state index is -0.101. The summed E-state index contributed by atoms with van der Waals surface area (Å²) in [7, 11) is 0. The van der Waals surface area contributed by atoms with Crippen LogP contribution in [0.5, 0.6) is 5.75 Å². The molecule has 0 unspecified atom stereocenters. The summed E-state index contributed by atoms with van der Waals surface area (Å²) in [6.45, 7) is 12.6. The highest BCUT2D eigenvalue weighted by molar-refractivity contribution is 5.80. The zero-order chi connectivity index (χ0) is 15.8. The molecule has 0 amide bonds. The highest BCUT2D eigenvalue weighted by Gasteiger charge is 2.61. The van der Waals surface area contributed by atoms with Gasteiger partial charge in [0.2, 0.25) is 0 Å². The summed E-state index contributed by atoms with van der Waals surface area (Å²) in [6.07, 6.45) is 2.19. The smallest absolute Gasteiger partial charge is 0.315 e. The molecule has 1 aromatic rings. The third-order valence-corrected chi connectivity index (χ3v) is 4.43. The molecule has 0 aromatic heterocycles. The Bertz CT molecular complexity index is 563. The molecule has 0 bridgehead atoms. The van der Waals surface area contributed by atoms with Gasteiger partial charge in [0.25, 0.3) is 0 Å².